The van der Waals surface area contributed by atoms with Gasteiger partial charge in [-0.05, 0) is 60.8 Å². The minimum Gasteiger partial charge on any atom is -0.420 e. The Balaban J connectivity index is 2.02. The average molecular weight is 406 g/mol. The third-order valence-corrected chi connectivity index (χ3v) is 4.37. The van der Waals surface area contributed by atoms with Crippen LogP contribution in [0.1, 0.15) is 10.4 Å². The Kier molecular flexibility index (Phi) is 4.08. The van der Waals surface area contributed by atoms with E-state index in [2.05, 4.69) is 31.9 Å². The normalized spacial score (nSPS) is 10.6. The van der Waals surface area contributed by atoms with Crippen molar-refractivity contribution in [2.75, 3.05) is 0 Å². The molecule has 0 fully saturated rings. The maximum Gasteiger partial charge on any atom is 0.344 e. The summed E-state index contributed by atoms with van der Waals surface area (Å²) in [5, 5.41) is 1.89. The van der Waals surface area contributed by atoms with E-state index in [-0.39, 0.29) is 5.97 Å². The van der Waals surface area contributed by atoms with Gasteiger partial charge in [-0.2, -0.15) is 0 Å². The van der Waals surface area contributed by atoms with Crippen molar-refractivity contribution in [2.45, 2.75) is 0 Å². The lowest BCUT2D eigenvalue weighted by Crippen LogP contribution is -2.09. The first-order chi connectivity index (χ1) is 10.2. The highest BCUT2D eigenvalue weighted by atomic mass is 79.9. The smallest absolute Gasteiger partial charge is 0.344 e. The number of hydrogen-bond donors (Lipinski definition) is 0. The van der Waals surface area contributed by atoms with Crippen LogP contribution in [0, 0.1) is 0 Å². The topological polar surface area (TPSA) is 26.3 Å². The first-order valence-electron chi connectivity index (χ1n) is 6.31. The fraction of sp³-hybridized carbons (Fsp3) is 0. The molecular weight excluding hydrogens is 396 g/mol. The van der Waals surface area contributed by atoms with Gasteiger partial charge in [0.25, 0.3) is 0 Å². The van der Waals surface area contributed by atoms with E-state index in [4.69, 9.17) is 4.74 Å². The Morgan fingerprint density at radius 1 is 0.810 bits per heavy atom. The third-order valence-electron chi connectivity index (χ3n) is 3.12. The maximum absolute atomic E-state index is 12.5. The van der Waals surface area contributed by atoms with Crippen LogP contribution in [0.3, 0.4) is 0 Å². The zero-order chi connectivity index (χ0) is 14.8. The molecule has 0 saturated carbocycles. The van der Waals surface area contributed by atoms with Gasteiger partial charge in [-0.3, -0.25) is 0 Å². The van der Waals surface area contributed by atoms with Crippen LogP contribution in [-0.2, 0) is 0 Å². The van der Waals surface area contributed by atoms with Crippen LogP contribution in [0.25, 0.3) is 10.8 Å². The van der Waals surface area contributed by atoms with Crippen molar-refractivity contribution in [1.82, 2.24) is 0 Å². The molecule has 2 nitrogen and oxygen atoms in total. The first kappa shape index (κ1) is 14.3. The van der Waals surface area contributed by atoms with Crippen LogP contribution >= 0.6 is 31.9 Å². The van der Waals surface area contributed by atoms with Crippen LogP contribution in [0.5, 0.6) is 5.75 Å². The van der Waals surface area contributed by atoms with Gasteiger partial charge in [-0.25, -0.2) is 4.79 Å². The molecule has 21 heavy (non-hydrogen) atoms. The number of carbonyl (C=O) groups excluding carboxylic acids is 1. The molecule has 0 aliphatic rings. The van der Waals surface area contributed by atoms with Gasteiger partial charge >= 0.3 is 5.97 Å². The summed E-state index contributed by atoms with van der Waals surface area (Å²) < 4.78 is 6.99. The van der Waals surface area contributed by atoms with Crippen molar-refractivity contribution >= 4 is 48.6 Å². The molecule has 0 heterocycles. The summed E-state index contributed by atoms with van der Waals surface area (Å²) in [5.41, 5.74) is 0.552. The van der Waals surface area contributed by atoms with Crippen molar-refractivity contribution in [1.29, 1.82) is 0 Å². The number of fused-ring (bicyclic) bond motifs is 1. The predicted molar refractivity (Wildman–Crippen MR) is 90.7 cm³/mol. The molecule has 0 unspecified atom stereocenters. The highest BCUT2D eigenvalue weighted by molar-refractivity contribution is 9.11. The molecule has 0 radical (unpaired) electrons. The van der Waals surface area contributed by atoms with Crippen molar-refractivity contribution in [3.05, 3.63) is 75.2 Å². The Bertz CT molecular complexity index is 802. The third kappa shape index (κ3) is 2.87. The highest BCUT2D eigenvalue weighted by Gasteiger charge is 2.15. The summed E-state index contributed by atoms with van der Waals surface area (Å²) in [6.07, 6.45) is 0. The highest BCUT2D eigenvalue weighted by Crippen LogP contribution is 2.34. The molecule has 0 aliphatic heterocycles. The SMILES string of the molecule is O=C(Oc1c(Br)cccc1Br)c1cccc2ccccc12. The average Bonchev–Trinajstić information content (AvgIpc) is 2.50. The van der Waals surface area contributed by atoms with Gasteiger partial charge in [0.2, 0.25) is 0 Å². The molecular formula is C17H10Br2O2. The first-order valence-corrected chi connectivity index (χ1v) is 7.89. The summed E-state index contributed by atoms with van der Waals surface area (Å²) in [7, 11) is 0. The molecule has 0 bridgehead atoms. The monoisotopic (exact) mass is 404 g/mol. The number of para-hydroxylation sites is 1. The fourth-order valence-corrected chi connectivity index (χ4v) is 3.29. The van der Waals surface area contributed by atoms with E-state index in [1.54, 1.807) is 6.07 Å². The van der Waals surface area contributed by atoms with Crippen LogP contribution in [0.4, 0.5) is 0 Å². The zero-order valence-corrected chi connectivity index (χ0v) is 14.0. The van der Waals surface area contributed by atoms with E-state index in [9.17, 15) is 4.79 Å². The van der Waals surface area contributed by atoms with E-state index < -0.39 is 0 Å². The standard InChI is InChI=1S/C17H10Br2O2/c18-14-9-4-10-15(19)16(14)21-17(20)13-8-3-6-11-5-1-2-7-12(11)13/h1-10H. The molecule has 4 heteroatoms. The Labute approximate surface area is 139 Å². The molecule has 0 N–H and O–H groups in total. The van der Waals surface area contributed by atoms with Gasteiger partial charge < -0.3 is 4.74 Å². The minimum atomic E-state index is -0.376. The van der Waals surface area contributed by atoms with Gasteiger partial charge in [-0.1, -0.05) is 42.5 Å². The molecule has 0 aromatic heterocycles. The summed E-state index contributed by atoms with van der Waals surface area (Å²) in [5.74, 6) is 0.106. The second-order valence-electron chi connectivity index (χ2n) is 4.47. The second kappa shape index (κ2) is 6.00. The van der Waals surface area contributed by atoms with E-state index in [1.165, 1.54) is 0 Å². The van der Waals surface area contributed by atoms with Crippen molar-refractivity contribution in [3.8, 4) is 5.75 Å². The van der Waals surface area contributed by atoms with Crippen LogP contribution < -0.4 is 4.74 Å². The van der Waals surface area contributed by atoms with Crippen molar-refractivity contribution in [3.63, 3.8) is 0 Å². The molecule has 104 valence electrons. The van der Waals surface area contributed by atoms with Gasteiger partial charge in [0.05, 0.1) is 14.5 Å². The van der Waals surface area contributed by atoms with Crippen LogP contribution in [-0.4, -0.2) is 5.97 Å². The molecule has 0 saturated heterocycles. The number of ether oxygens (including phenoxy) is 1. The lowest BCUT2D eigenvalue weighted by molar-refractivity contribution is 0.0734. The van der Waals surface area contributed by atoms with E-state index in [0.29, 0.717) is 11.3 Å². The van der Waals surface area contributed by atoms with E-state index in [1.807, 2.05) is 54.6 Å². The molecule has 0 atom stereocenters. The summed E-state index contributed by atoms with van der Waals surface area (Å²) in [4.78, 5) is 12.5. The maximum atomic E-state index is 12.5. The number of carbonyl (C=O) groups is 1. The number of rotatable bonds is 2. The fourth-order valence-electron chi connectivity index (χ4n) is 2.13. The number of esters is 1. The van der Waals surface area contributed by atoms with Crippen molar-refractivity contribution in [2.24, 2.45) is 0 Å². The molecule has 3 aromatic rings. The second-order valence-corrected chi connectivity index (χ2v) is 6.18. The molecule has 3 aromatic carbocycles. The Morgan fingerprint density at radius 2 is 1.43 bits per heavy atom. The molecule has 0 aliphatic carbocycles. The van der Waals surface area contributed by atoms with Gasteiger partial charge in [-0.15, -0.1) is 0 Å². The lowest BCUT2D eigenvalue weighted by atomic mass is 10.0. The molecule has 0 spiro atoms. The number of benzene rings is 3. The van der Waals surface area contributed by atoms with Crippen LogP contribution in [0.15, 0.2) is 69.6 Å². The minimum absolute atomic E-state index is 0.376. The Hall–Kier alpha value is -1.65. The van der Waals surface area contributed by atoms with Gasteiger partial charge in [0, 0.05) is 0 Å². The summed E-state index contributed by atoms with van der Waals surface area (Å²) in [6.45, 7) is 0. The Morgan fingerprint density at radius 3 is 2.19 bits per heavy atom. The van der Waals surface area contributed by atoms with E-state index >= 15 is 0 Å². The lowest BCUT2D eigenvalue weighted by Gasteiger charge is -2.10. The van der Waals surface area contributed by atoms with E-state index in [0.717, 1.165) is 19.7 Å². The largest absolute Gasteiger partial charge is 0.420 e. The summed E-state index contributed by atoms with van der Waals surface area (Å²) >= 11 is 6.78. The zero-order valence-electron chi connectivity index (χ0n) is 10.8. The molecule has 0 amide bonds. The number of halogens is 2. The van der Waals surface area contributed by atoms with Crippen LogP contribution in [0.2, 0.25) is 0 Å². The quantitative estimate of drug-likeness (QED) is 0.410. The summed E-state index contributed by atoms with van der Waals surface area (Å²) in [6, 6.07) is 18.9. The number of hydrogen-bond acceptors (Lipinski definition) is 2. The predicted octanol–water partition coefficient (Wildman–Crippen LogP) is 5.58. The molecule has 3 rings (SSSR count). The van der Waals surface area contributed by atoms with Gasteiger partial charge in [0.1, 0.15) is 0 Å². The van der Waals surface area contributed by atoms with Crippen molar-refractivity contribution < 1.29 is 9.53 Å². The van der Waals surface area contributed by atoms with Gasteiger partial charge in [0.15, 0.2) is 5.75 Å².